The SMILES string of the molecule is CC(SCC(O)c1ccccc1)C(=O)NC(C)c1ccc(F)cc1. The highest BCUT2D eigenvalue weighted by atomic mass is 32.2. The van der Waals surface area contributed by atoms with Gasteiger partial charge >= 0.3 is 0 Å². The van der Waals surface area contributed by atoms with Crippen LogP contribution in [0.5, 0.6) is 0 Å². The monoisotopic (exact) mass is 347 g/mol. The lowest BCUT2D eigenvalue weighted by molar-refractivity contribution is -0.120. The summed E-state index contributed by atoms with van der Waals surface area (Å²) in [6.45, 7) is 3.68. The van der Waals surface area contributed by atoms with Gasteiger partial charge in [-0.15, -0.1) is 11.8 Å². The number of aliphatic hydroxyl groups excluding tert-OH is 1. The minimum atomic E-state index is -0.596. The van der Waals surface area contributed by atoms with Crippen LogP contribution in [0.2, 0.25) is 0 Å². The van der Waals surface area contributed by atoms with Crippen molar-refractivity contribution in [3.8, 4) is 0 Å². The maximum absolute atomic E-state index is 12.9. The molecule has 0 aliphatic rings. The Balaban J connectivity index is 1.82. The number of nitrogens with one attached hydrogen (secondary N) is 1. The summed E-state index contributed by atoms with van der Waals surface area (Å²) < 4.78 is 12.9. The molecule has 0 aromatic heterocycles. The number of thioether (sulfide) groups is 1. The van der Waals surface area contributed by atoms with Crippen LogP contribution in [-0.2, 0) is 4.79 Å². The van der Waals surface area contributed by atoms with Gasteiger partial charge in [-0.05, 0) is 37.1 Å². The van der Waals surface area contributed by atoms with E-state index in [1.54, 1.807) is 12.1 Å². The Morgan fingerprint density at radius 1 is 1.08 bits per heavy atom. The lowest BCUT2D eigenvalue weighted by Crippen LogP contribution is -2.33. The van der Waals surface area contributed by atoms with Crippen LogP contribution in [0.25, 0.3) is 0 Å². The minimum absolute atomic E-state index is 0.0999. The normalized spacial score (nSPS) is 14.7. The number of halogens is 1. The van der Waals surface area contributed by atoms with Gasteiger partial charge in [-0.2, -0.15) is 0 Å². The molecule has 0 aliphatic carbocycles. The van der Waals surface area contributed by atoms with Crippen molar-refractivity contribution < 1.29 is 14.3 Å². The van der Waals surface area contributed by atoms with Crippen LogP contribution in [0.3, 0.4) is 0 Å². The highest BCUT2D eigenvalue weighted by Crippen LogP contribution is 2.22. The predicted octanol–water partition coefficient (Wildman–Crippen LogP) is 3.86. The molecule has 0 spiro atoms. The van der Waals surface area contributed by atoms with Crippen LogP contribution in [0.15, 0.2) is 54.6 Å². The lowest BCUT2D eigenvalue weighted by Gasteiger charge is -2.19. The van der Waals surface area contributed by atoms with Crippen LogP contribution in [0, 0.1) is 5.82 Å². The van der Waals surface area contributed by atoms with E-state index in [0.29, 0.717) is 5.75 Å². The van der Waals surface area contributed by atoms with Gasteiger partial charge in [0.25, 0.3) is 0 Å². The third kappa shape index (κ3) is 5.35. The molecule has 3 nitrogen and oxygen atoms in total. The first-order valence-electron chi connectivity index (χ1n) is 7.88. The average Bonchev–Trinajstić information content (AvgIpc) is 2.60. The lowest BCUT2D eigenvalue weighted by atomic mass is 10.1. The van der Waals surface area contributed by atoms with Gasteiger partial charge in [0.2, 0.25) is 5.91 Å². The Morgan fingerprint density at radius 3 is 2.33 bits per heavy atom. The number of carbonyl (C=O) groups is 1. The van der Waals surface area contributed by atoms with Gasteiger partial charge in [0.15, 0.2) is 0 Å². The molecule has 1 amide bonds. The van der Waals surface area contributed by atoms with E-state index in [2.05, 4.69) is 5.32 Å². The smallest absolute Gasteiger partial charge is 0.233 e. The van der Waals surface area contributed by atoms with Gasteiger partial charge in [-0.3, -0.25) is 4.79 Å². The summed E-state index contributed by atoms with van der Waals surface area (Å²) >= 11 is 1.41. The number of benzene rings is 2. The molecule has 2 aromatic rings. The molecule has 2 aromatic carbocycles. The number of hydrogen-bond donors (Lipinski definition) is 2. The Kier molecular flexibility index (Phi) is 6.82. The first-order valence-corrected chi connectivity index (χ1v) is 8.92. The summed E-state index contributed by atoms with van der Waals surface area (Å²) in [5.74, 6) is 0.0527. The second kappa shape index (κ2) is 8.85. The second-order valence-electron chi connectivity index (χ2n) is 5.68. The van der Waals surface area contributed by atoms with Crippen molar-refractivity contribution in [3.05, 3.63) is 71.5 Å². The Labute approximate surface area is 146 Å². The fourth-order valence-corrected chi connectivity index (χ4v) is 3.13. The zero-order chi connectivity index (χ0) is 17.5. The molecule has 2 N–H and O–H groups in total. The van der Waals surface area contributed by atoms with Crippen LogP contribution in [0.4, 0.5) is 4.39 Å². The number of rotatable bonds is 7. The van der Waals surface area contributed by atoms with E-state index in [-0.39, 0.29) is 23.0 Å². The van der Waals surface area contributed by atoms with E-state index >= 15 is 0 Å². The Bertz CT molecular complexity index is 648. The fraction of sp³-hybridized carbons (Fsp3) is 0.316. The van der Waals surface area contributed by atoms with Crippen LogP contribution < -0.4 is 5.32 Å². The molecule has 0 bridgehead atoms. The van der Waals surface area contributed by atoms with Crippen LogP contribution >= 0.6 is 11.8 Å². The molecule has 2 rings (SSSR count). The van der Waals surface area contributed by atoms with Crippen molar-refractivity contribution in [2.24, 2.45) is 0 Å². The van der Waals surface area contributed by atoms with E-state index in [0.717, 1.165) is 11.1 Å². The maximum atomic E-state index is 12.9. The number of hydrogen-bond acceptors (Lipinski definition) is 3. The van der Waals surface area contributed by atoms with Crippen molar-refractivity contribution in [2.45, 2.75) is 31.2 Å². The van der Waals surface area contributed by atoms with Crippen molar-refractivity contribution in [1.29, 1.82) is 0 Å². The molecule has 3 atom stereocenters. The van der Waals surface area contributed by atoms with E-state index in [1.165, 1.54) is 23.9 Å². The minimum Gasteiger partial charge on any atom is -0.388 e. The van der Waals surface area contributed by atoms with Crippen LogP contribution in [0.1, 0.15) is 37.1 Å². The molecular weight excluding hydrogens is 325 g/mol. The summed E-state index contributed by atoms with van der Waals surface area (Å²) in [4.78, 5) is 12.3. The molecule has 128 valence electrons. The largest absolute Gasteiger partial charge is 0.388 e. The second-order valence-corrected chi connectivity index (χ2v) is 7.06. The van der Waals surface area contributed by atoms with Gasteiger partial charge in [-0.1, -0.05) is 42.5 Å². The zero-order valence-electron chi connectivity index (χ0n) is 13.8. The Hall–Kier alpha value is -1.85. The topological polar surface area (TPSA) is 49.3 Å². The molecular formula is C19H22FNO2S. The third-order valence-electron chi connectivity index (χ3n) is 3.79. The number of carbonyl (C=O) groups excluding carboxylic acids is 1. The first-order chi connectivity index (χ1) is 11.5. The Morgan fingerprint density at radius 2 is 1.71 bits per heavy atom. The van der Waals surface area contributed by atoms with Crippen molar-refractivity contribution in [3.63, 3.8) is 0 Å². The summed E-state index contributed by atoms with van der Waals surface area (Å²) in [5.41, 5.74) is 1.70. The van der Waals surface area contributed by atoms with Gasteiger partial charge < -0.3 is 10.4 Å². The van der Waals surface area contributed by atoms with E-state index in [4.69, 9.17) is 0 Å². The molecule has 0 aliphatic heterocycles. The van der Waals surface area contributed by atoms with Crippen molar-refractivity contribution >= 4 is 17.7 Å². The fourth-order valence-electron chi connectivity index (χ4n) is 2.25. The number of amides is 1. The third-order valence-corrected chi connectivity index (χ3v) is 5.01. The first kappa shape index (κ1) is 18.5. The highest BCUT2D eigenvalue weighted by molar-refractivity contribution is 8.00. The number of aliphatic hydroxyl groups is 1. The molecule has 3 unspecified atom stereocenters. The van der Waals surface area contributed by atoms with Crippen molar-refractivity contribution in [1.82, 2.24) is 5.32 Å². The quantitative estimate of drug-likeness (QED) is 0.800. The summed E-state index contributed by atoms with van der Waals surface area (Å²) in [5, 5.41) is 12.8. The molecule has 0 radical (unpaired) electrons. The van der Waals surface area contributed by atoms with E-state index in [9.17, 15) is 14.3 Å². The molecule has 0 heterocycles. The maximum Gasteiger partial charge on any atom is 0.233 e. The summed E-state index contributed by atoms with van der Waals surface area (Å²) in [7, 11) is 0. The van der Waals surface area contributed by atoms with Crippen LogP contribution in [-0.4, -0.2) is 22.0 Å². The summed E-state index contributed by atoms with van der Waals surface area (Å²) in [6.07, 6.45) is -0.596. The van der Waals surface area contributed by atoms with Crippen molar-refractivity contribution in [2.75, 3.05) is 5.75 Å². The van der Waals surface area contributed by atoms with Gasteiger partial charge in [0.05, 0.1) is 17.4 Å². The molecule has 0 saturated carbocycles. The standard InChI is InChI=1S/C19H22FNO2S/c1-13(15-8-10-17(20)11-9-15)21-19(23)14(2)24-12-18(22)16-6-4-3-5-7-16/h3-11,13-14,18,22H,12H2,1-2H3,(H,21,23). The van der Waals surface area contributed by atoms with Gasteiger partial charge in [0, 0.05) is 5.75 Å². The predicted molar refractivity (Wildman–Crippen MR) is 96.3 cm³/mol. The zero-order valence-corrected chi connectivity index (χ0v) is 14.6. The highest BCUT2D eigenvalue weighted by Gasteiger charge is 2.18. The van der Waals surface area contributed by atoms with E-state index in [1.807, 2.05) is 44.2 Å². The van der Waals surface area contributed by atoms with Gasteiger partial charge in [0.1, 0.15) is 5.82 Å². The van der Waals surface area contributed by atoms with E-state index < -0.39 is 6.10 Å². The van der Waals surface area contributed by atoms with Gasteiger partial charge in [-0.25, -0.2) is 4.39 Å². The molecule has 24 heavy (non-hydrogen) atoms. The molecule has 0 saturated heterocycles. The average molecular weight is 347 g/mol. The summed E-state index contributed by atoms with van der Waals surface area (Å²) in [6, 6.07) is 15.3. The molecule has 5 heteroatoms. The molecule has 0 fully saturated rings.